The van der Waals surface area contributed by atoms with Crippen molar-refractivity contribution in [1.82, 2.24) is 30.5 Å². The molecule has 146 valence electrons. The van der Waals surface area contributed by atoms with E-state index in [1.807, 2.05) is 30.3 Å². The van der Waals surface area contributed by atoms with Crippen molar-refractivity contribution in [3.63, 3.8) is 0 Å². The van der Waals surface area contributed by atoms with Gasteiger partial charge < -0.3 is 9.73 Å². The van der Waals surface area contributed by atoms with E-state index in [-0.39, 0.29) is 12.5 Å². The molecule has 2 aromatic heterocycles. The quantitative estimate of drug-likeness (QED) is 0.676. The molecular weight excluding hydrogens is 356 g/mol. The van der Waals surface area contributed by atoms with Gasteiger partial charge in [0.05, 0.1) is 12.7 Å². The van der Waals surface area contributed by atoms with Crippen LogP contribution in [0.25, 0.3) is 11.5 Å². The van der Waals surface area contributed by atoms with Crippen LogP contribution < -0.4 is 5.32 Å². The summed E-state index contributed by atoms with van der Waals surface area (Å²) in [4.78, 5) is 12.3. The first-order valence-electron chi connectivity index (χ1n) is 9.84. The number of aromatic nitrogens is 5. The van der Waals surface area contributed by atoms with Crippen LogP contribution in [0.15, 0.2) is 40.9 Å². The van der Waals surface area contributed by atoms with E-state index in [0.717, 1.165) is 24.4 Å². The highest BCUT2D eigenvalue weighted by Gasteiger charge is 2.16. The Labute approximate surface area is 163 Å². The Morgan fingerprint density at radius 2 is 1.93 bits per heavy atom. The molecule has 1 amide bonds. The summed E-state index contributed by atoms with van der Waals surface area (Å²) in [6.45, 7) is 0.947. The van der Waals surface area contributed by atoms with Crippen molar-refractivity contribution in [2.75, 3.05) is 0 Å². The molecule has 1 N–H and O–H groups in total. The molecule has 0 spiro atoms. The fourth-order valence-electron chi connectivity index (χ4n) is 3.57. The molecule has 28 heavy (non-hydrogen) atoms. The second-order valence-electron chi connectivity index (χ2n) is 7.21. The Morgan fingerprint density at radius 3 is 2.75 bits per heavy atom. The summed E-state index contributed by atoms with van der Waals surface area (Å²) in [5.74, 6) is 1.24. The standard InChI is InChI=1S/C20H24N6O2/c27-19(17-14-26(25-22-17)12-11-15-7-3-1-4-8-15)21-13-18-23-24-20(28-18)16-9-5-2-6-10-16/h2,5-6,9-10,14-15H,1,3-4,7-8,11-13H2,(H,21,27). The lowest BCUT2D eigenvalue weighted by atomic mass is 9.87. The van der Waals surface area contributed by atoms with Crippen LogP contribution in [0, 0.1) is 5.92 Å². The van der Waals surface area contributed by atoms with E-state index in [0.29, 0.717) is 17.5 Å². The van der Waals surface area contributed by atoms with Gasteiger partial charge in [-0.1, -0.05) is 55.5 Å². The SMILES string of the molecule is O=C(NCc1nnc(-c2ccccc2)o1)c1cn(CCC2CCCCC2)nn1. The summed E-state index contributed by atoms with van der Waals surface area (Å²) in [5, 5.41) is 18.8. The average Bonchev–Trinajstić information content (AvgIpc) is 3.42. The number of amides is 1. The van der Waals surface area contributed by atoms with Crippen molar-refractivity contribution in [3.05, 3.63) is 48.1 Å². The fraction of sp³-hybridized carbons (Fsp3) is 0.450. The van der Waals surface area contributed by atoms with Crippen molar-refractivity contribution < 1.29 is 9.21 Å². The van der Waals surface area contributed by atoms with Gasteiger partial charge in [0.2, 0.25) is 11.8 Å². The third-order valence-electron chi connectivity index (χ3n) is 5.15. The van der Waals surface area contributed by atoms with Crippen molar-refractivity contribution in [3.8, 4) is 11.5 Å². The first-order chi connectivity index (χ1) is 13.8. The van der Waals surface area contributed by atoms with E-state index in [1.165, 1.54) is 32.1 Å². The zero-order valence-electron chi connectivity index (χ0n) is 15.8. The molecule has 0 radical (unpaired) electrons. The summed E-state index contributed by atoms with van der Waals surface area (Å²) < 4.78 is 7.34. The number of carbonyl (C=O) groups is 1. The predicted octanol–water partition coefficient (Wildman–Crippen LogP) is 3.23. The maximum Gasteiger partial charge on any atom is 0.273 e. The Balaban J connectivity index is 1.27. The largest absolute Gasteiger partial charge is 0.419 e. The van der Waals surface area contributed by atoms with E-state index in [1.54, 1.807) is 10.9 Å². The molecule has 8 nitrogen and oxygen atoms in total. The molecule has 1 saturated carbocycles. The van der Waals surface area contributed by atoms with E-state index in [9.17, 15) is 4.79 Å². The maximum atomic E-state index is 12.3. The lowest BCUT2D eigenvalue weighted by molar-refractivity contribution is 0.0942. The van der Waals surface area contributed by atoms with Crippen LogP contribution >= 0.6 is 0 Å². The Bertz CT molecular complexity index is 898. The fourth-order valence-corrected chi connectivity index (χ4v) is 3.57. The minimum absolute atomic E-state index is 0.146. The van der Waals surface area contributed by atoms with Crippen molar-refractivity contribution in [2.24, 2.45) is 5.92 Å². The molecule has 0 aliphatic heterocycles. The molecular formula is C20H24N6O2. The van der Waals surface area contributed by atoms with Gasteiger partial charge in [-0.2, -0.15) is 0 Å². The van der Waals surface area contributed by atoms with Crippen LogP contribution in [0.1, 0.15) is 54.9 Å². The number of carbonyl (C=O) groups excluding carboxylic acids is 1. The molecule has 8 heteroatoms. The normalized spacial score (nSPS) is 14.9. The maximum absolute atomic E-state index is 12.3. The number of nitrogens with zero attached hydrogens (tertiary/aromatic N) is 5. The van der Waals surface area contributed by atoms with Crippen LogP contribution in [0.3, 0.4) is 0 Å². The van der Waals surface area contributed by atoms with Crippen LogP contribution in [0.2, 0.25) is 0 Å². The van der Waals surface area contributed by atoms with Gasteiger partial charge in [0.1, 0.15) is 0 Å². The Kier molecular flexibility index (Phi) is 5.75. The minimum Gasteiger partial charge on any atom is -0.419 e. The first kappa shape index (κ1) is 18.3. The first-order valence-corrected chi connectivity index (χ1v) is 9.84. The van der Waals surface area contributed by atoms with Crippen LogP contribution in [-0.2, 0) is 13.1 Å². The lowest BCUT2D eigenvalue weighted by Crippen LogP contribution is -2.23. The molecule has 3 aromatic rings. The zero-order valence-corrected chi connectivity index (χ0v) is 15.8. The zero-order chi connectivity index (χ0) is 19.2. The van der Waals surface area contributed by atoms with E-state index in [2.05, 4.69) is 25.8 Å². The molecule has 1 aliphatic rings. The summed E-state index contributed by atoms with van der Waals surface area (Å²) in [6.07, 6.45) is 9.41. The van der Waals surface area contributed by atoms with E-state index in [4.69, 9.17) is 4.42 Å². The highest BCUT2D eigenvalue weighted by Crippen LogP contribution is 2.26. The molecule has 4 rings (SSSR count). The summed E-state index contributed by atoms with van der Waals surface area (Å²) in [6, 6.07) is 9.50. The smallest absolute Gasteiger partial charge is 0.273 e. The summed E-state index contributed by atoms with van der Waals surface area (Å²) >= 11 is 0. The van der Waals surface area contributed by atoms with Crippen molar-refractivity contribution >= 4 is 5.91 Å². The lowest BCUT2D eigenvalue weighted by Gasteiger charge is -2.20. The molecule has 2 heterocycles. The monoisotopic (exact) mass is 380 g/mol. The predicted molar refractivity (Wildman–Crippen MR) is 102 cm³/mol. The Morgan fingerprint density at radius 1 is 1.11 bits per heavy atom. The molecule has 1 fully saturated rings. The van der Waals surface area contributed by atoms with Gasteiger partial charge in [-0.25, -0.2) is 0 Å². The molecule has 0 saturated heterocycles. The third kappa shape index (κ3) is 4.62. The second-order valence-corrected chi connectivity index (χ2v) is 7.21. The van der Waals surface area contributed by atoms with Gasteiger partial charge in [-0.3, -0.25) is 9.48 Å². The molecule has 1 aromatic carbocycles. The van der Waals surface area contributed by atoms with Gasteiger partial charge in [-0.15, -0.1) is 15.3 Å². The Hall–Kier alpha value is -3.03. The van der Waals surface area contributed by atoms with Gasteiger partial charge in [0, 0.05) is 12.1 Å². The number of nitrogens with one attached hydrogen (secondary N) is 1. The average molecular weight is 380 g/mol. The van der Waals surface area contributed by atoms with Gasteiger partial charge in [-0.05, 0) is 24.5 Å². The highest BCUT2D eigenvalue weighted by atomic mass is 16.4. The molecule has 0 unspecified atom stereocenters. The highest BCUT2D eigenvalue weighted by molar-refractivity contribution is 5.91. The molecule has 0 atom stereocenters. The van der Waals surface area contributed by atoms with Crippen LogP contribution in [0.4, 0.5) is 0 Å². The molecule has 1 aliphatic carbocycles. The summed E-state index contributed by atoms with van der Waals surface area (Å²) in [7, 11) is 0. The van der Waals surface area contributed by atoms with Gasteiger partial charge in [0.25, 0.3) is 5.91 Å². The number of benzene rings is 1. The molecule has 0 bridgehead atoms. The number of aryl methyl sites for hydroxylation is 1. The van der Waals surface area contributed by atoms with Crippen LogP contribution in [0.5, 0.6) is 0 Å². The van der Waals surface area contributed by atoms with E-state index >= 15 is 0 Å². The van der Waals surface area contributed by atoms with Crippen molar-refractivity contribution in [2.45, 2.75) is 51.6 Å². The third-order valence-corrected chi connectivity index (χ3v) is 5.15. The van der Waals surface area contributed by atoms with Gasteiger partial charge >= 0.3 is 0 Å². The minimum atomic E-state index is -0.302. The van der Waals surface area contributed by atoms with Crippen LogP contribution in [-0.4, -0.2) is 31.1 Å². The van der Waals surface area contributed by atoms with E-state index < -0.39 is 0 Å². The van der Waals surface area contributed by atoms with Gasteiger partial charge in [0.15, 0.2) is 5.69 Å². The second kappa shape index (κ2) is 8.77. The number of hydrogen-bond donors (Lipinski definition) is 1. The number of rotatable bonds is 7. The summed E-state index contributed by atoms with van der Waals surface area (Å²) in [5.41, 5.74) is 1.14. The van der Waals surface area contributed by atoms with Crippen molar-refractivity contribution in [1.29, 1.82) is 0 Å². The topological polar surface area (TPSA) is 98.7 Å². The number of hydrogen-bond acceptors (Lipinski definition) is 6.